The molecule has 0 aromatic heterocycles. The van der Waals surface area contributed by atoms with E-state index in [1.807, 2.05) is 0 Å². The zero-order valence-corrected chi connectivity index (χ0v) is 14.2. The summed E-state index contributed by atoms with van der Waals surface area (Å²) in [5.74, 6) is -1.72. The summed E-state index contributed by atoms with van der Waals surface area (Å²) < 4.78 is 14.2. The fourth-order valence-corrected chi connectivity index (χ4v) is 3.28. The summed E-state index contributed by atoms with van der Waals surface area (Å²) in [5.41, 5.74) is 0.498. The number of hydrogen-bond donors (Lipinski definition) is 2. The molecule has 1 aromatic rings. The van der Waals surface area contributed by atoms with E-state index in [0.717, 1.165) is 25.7 Å². The van der Waals surface area contributed by atoms with Gasteiger partial charge < -0.3 is 15.3 Å². The maximum Gasteiger partial charge on any atom is 0.317 e. The molecule has 132 valence electrons. The molecule has 1 saturated carbocycles. The Morgan fingerprint density at radius 1 is 1.33 bits per heavy atom. The fourth-order valence-electron chi connectivity index (χ4n) is 3.28. The van der Waals surface area contributed by atoms with Crippen molar-refractivity contribution >= 4 is 12.0 Å². The van der Waals surface area contributed by atoms with Gasteiger partial charge in [0.15, 0.2) is 0 Å². The molecule has 0 radical (unpaired) electrons. The van der Waals surface area contributed by atoms with E-state index >= 15 is 0 Å². The van der Waals surface area contributed by atoms with Gasteiger partial charge in [-0.25, -0.2) is 9.18 Å². The summed E-state index contributed by atoms with van der Waals surface area (Å²) in [4.78, 5) is 24.7. The largest absolute Gasteiger partial charge is 0.481 e. The van der Waals surface area contributed by atoms with Crippen molar-refractivity contribution in [2.45, 2.75) is 38.6 Å². The molecule has 2 rings (SSSR count). The molecule has 6 heteroatoms. The number of carboxylic acids is 1. The second kappa shape index (κ2) is 8.13. The van der Waals surface area contributed by atoms with E-state index in [1.54, 1.807) is 32.2 Å². The number of benzene rings is 1. The number of halogens is 1. The monoisotopic (exact) mass is 336 g/mol. The minimum Gasteiger partial charge on any atom is -0.481 e. The molecule has 1 fully saturated rings. The lowest BCUT2D eigenvalue weighted by Crippen LogP contribution is -2.44. The highest BCUT2D eigenvalue weighted by atomic mass is 19.1. The molecule has 0 bridgehead atoms. The van der Waals surface area contributed by atoms with Gasteiger partial charge in [-0.05, 0) is 24.8 Å². The van der Waals surface area contributed by atoms with Gasteiger partial charge in [0.05, 0.1) is 12.0 Å². The first-order valence-electron chi connectivity index (χ1n) is 8.39. The van der Waals surface area contributed by atoms with Crippen molar-refractivity contribution < 1.29 is 19.1 Å². The van der Waals surface area contributed by atoms with E-state index in [4.69, 9.17) is 5.11 Å². The summed E-state index contributed by atoms with van der Waals surface area (Å²) >= 11 is 0. The fraction of sp³-hybridized carbons (Fsp3) is 0.556. The molecule has 2 unspecified atom stereocenters. The van der Waals surface area contributed by atoms with Crippen molar-refractivity contribution in [1.29, 1.82) is 0 Å². The molecule has 0 heterocycles. The van der Waals surface area contributed by atoms with Gasteiger partial charge in [0, 0.05) is 19.2 Å². The summed E-state index contributed by atoms with van der Waals surface area (Å²) in [5, 5.41) is 11.9. The standard InChI is InChI=1S/C18H25FN2O3/c1-12(17(22)23)11-21(2)18(24)20-16(13-7-3-4-8-13)14-9-5-6-10-15(14)19/h5-6,9-10,12-13,16H,3-4,7-8,11H2,1-2H3,(H,20,24)(H,22,23). The highest BCUT2D eigenvalue weighted by Crippen LogP contribution is 2.36. The number of carboxylic acid groups (broad SMARTS) is 1. The minimum atomic E-state index is -0.948. The Bertz CT molecular complexity index is 587. The molecule has 24 heavy (non-hydrogen) atoms. The van der Waals surface area contributed by atoms with E-state index in [-0.39, 0.29) is 30.4 Å². The molecule has 5 nitrogen and oxygen atoms in total. The van der Waals surface area contributed by atoms with Crippen molar-refractivity contribution in [3.63, 3.8) is 0 Å². The first-order valence-corrected chi connectivity index (χ1v) is 8.39. The first kappa shape index (κ1) is 18.2. The Labute approximate surface area is 141 Å². The molecule has 0 aliphatic heterocycles. The van der Waals surface area contributed by atoms with Gasteiger partial charge in [0.25, 0.3) is 0 Å². The van der Waals surface area contributed by atoms with Crippen molar-refractivity contribution in [1.82, 2.24) is 10.2 Å². The Morgan fingerprint density at radius 2 is 1.96 bits per heavy atom. The number of urea groups is 1. The Morgan fingerprint density at radius 3 is 2.54 bits per heavy atom. The number of carbonyl (C=O) groups is 2. The topological polar surface area (TPSA) is 69.6 Å². The van der Waals surface area contributed by atoms with Crippen molar-refractivity contribution in [2.24, 2.45) is 11.8 Å². The lowest BCUT2D eigenvalue weighted by atomic mass is 9.91. The molecule has 2 amide bonds. The second-order valence-electron chi connectivity index (χ2n) is 6.61. The summed E-state index contributed by atoms with van der Waals surface area (Å²) in [6, 6.07) is 5.75. The first-order chi connectivity index (χ1) is 11.4. The number of aliphatic carboxylic acids is 1. The zero-order chi connectivity index (χ0) is 17.7. The third-order valence-corrected chi connectivity index (χ3v) is 4.71. The maximum absolute atomic E-state index is 14.2. The molecule has 1 aromatic carbocycles. The van der Waals surface area contributed by atoms with Crippen LogP contribution >= 0.6 is 0 Å². The summed E-state index contributed by atoms with van der Waals surface area (Å²) in [7, 11) is 1.56. The molecular weight excluding hydrogens is 311 g/mol. The van der Waals surface area contributed by atoms with Gasteiger partial charge in [-0.15, -0.1) is 0 Å². The van der Waals surface area contributed by atoms with E-state index < -0.39 is 11.9 Å². The average Bonchev–Trinajstić information content (AvgIpc) is 3.07. The van der Waals surface area contributed by atoms with Crippen LogP contribution in [0, 0.1) is 17.7 Å². The maximum atomic E-state index is 14.2. The van der Waals surface area contributed by atoms with Gasteiger partial charge in [0.1, 0.15) is 5.82 Å². The van der Waals surface area contributed by atoms with Crippen LogP contribution in [0.5, 0.6) is 0 Å². The van der Waals surface area contributed by atoms with Gasteiger partial charge >= 0.3 is 12.0 Å². The lowest BCUT2D eigenvalue weighted by molar-refractivity contribution is -0.141. The number of hydrogen-bond acceptors (Lipinski definition) is 2. The van der Waals surface area contributed by atoms with Crippen molar-refractivity contribution in [3.8, 4) is 0 Å². The van der Waals surface area contributed by atoms with Gasteiger partial charge in [0.2, 0.25) is 0 Å². The second-order valence-corrected chi connectivity index (χ2v) is 6.61. The van der Waals surface area contributed by atoms with E-state index in [0.29, 0.717) is 5.56 Å². The van der Waals surface area contributed by atoms with E-state index in [1.165, 1.54) is 11.0 Å². The SMILES string of the molecule is CC(CN(C)C(=O)NC(c1ccccc1F)C1CCCC1)C(=O)O. The van der Waals surface area contributed by atoms with Crippen molar-refractivity contribution in [2.75, 3.05) is 13.6 Å². The third kappa shape index (κ3) is 4.46. The van der Waals surface area contributed by atoms with Crippen LogP contribution in [0.1, 0.15) is 44.2 Å². The molecule has 1 aliphatic carbocycles. The normalized spacial score (nSPS) is 17.3. The number of rotatable bonds is 6. The predicted molar refractivity (Wildman–Crippen MR) is 89.1 cm³/mol. The van der Waals surface area contributed by atoms with Crippen LogP contribution in [0.4, 0.5) is 9.18 Å². The number of nitrogens with zero attached hydrogens (tertiary/aromatic N) is 1. The van der Waals surface area contributed by atoms with Crippen LogP contribution in [-0.2, 0) is 4.79 Å². The van der Waals surface area contributed by atoms with Crippen LogP contribution in [0.25, 0.3) is 0 Å². The predicted octanol–water partition coefficient (Wildman–Crippen LogP) is 3.42. The van der Waals surface area contributed by atoms with Gasteiger partial charge in [-0.3, -0.25) is 4.79 Å². The van der Waals surface area contributed by atoms with Crippen LogP contribution in [-0.4, -0.2) is 35.6 Å². The number of carbonyl (C=O) groups excluding carboxylic acids is 1. The van der Waals surface area contributed by atoms with Gasteiger partial charge in [-0.2, -0.15) is 0 Å². The van der Waals surface area contributed by atoms with Crippen LogP contribution in [0.15, 0.2) is 24.3 Å². The van der Waals surface area contributed by atoms with Crippen LogP contribution in [0.2, 0.25) is 0 Å². The average molecular weight is 336 g/mol. The van der Waals surface area contributed by atoms with E-state index in [9.17, 15) is 14.0 Å². The molecule has 2 N–H and O–H groups in total. The zero-order valence-electron chi connectivity index (χ0n) is 14.2. The molecular formula is C18H25FN2O3. The van der Waals surface area contributed by atoms with E-state index in [2.05, 4.69) is 5.32 Å². The quantitative estimate of drug-likeness (QED) is 0.836. The van der Waals surface area contributed by atoms with Gasteiger partial charge in [-0.1, -0.05) is 38.0 Å². The van der Waals surface area contributed by atoms with Crippen LogP contribution < -0.4 is 5.32 Å². The highest BCUT2D eigenvalue weighted by Gasteiger charge is 2.30. The van der Waals surface area contributed by atoms with Crippen LogP contribution in [0.3, 0.4) is 0 Å². The number of nitrogens with one attached hydrogen (secondary N) is 1. The molecule has 0 spiro atoms. The smallest absolute Gasteiger partial charge is 0.317 e. The molecule has 0 saturated heterocycles. The third-order valence-electron chi connectivity index (χ3n) is 4.71. The molecule has 2 atom stereocenters. The molecule has 1 aliphatic rings. The Balaban J connectivity index is 2.12. The Hall–Kier alpha value is -2.11. The lowest BCUT2D eigenvalue weighted by Gasteiger charge is -2.29. The summed E-state index contributed by atoms with van der Waals surface area (Å²) in [6.45, 7) is 1.66. The number of amides is 2. The highest BCUT2D eigenvalue weighted by molar-refractivity contribution is 5.76. The Kier molecular flexibility index (Phi) is 6.17. The van der Waals surface area contributed by atoms with Crippen molar-refractivity contribution in [3.05, 3.63) is 35.6 Å². The minimum absolute atomic E-state index is 0.107. The summed E-state index contributed by atoms with van der Waals surface area (Å²) in [6.07, 6.45) is 4.07.